The van der Waals surface area contributed by atoms with Crippen molar-refractivity contribution in [2.45, 2.75) is 46.6 Å². The van der Waals surface area contributed by atoms with Gasteiger partial charge in [0, 0.05) is 17.4 Å². The summed E-state index contributed by atoms with van der Waals surface area (Å²) in [6.45, 7) is 8.48. The number of halogens is 1. The maximum Gasteiger partial charge on any atom is 0.110 e. The number of aryl methyl sites for hydroxylation is 1. The zero-order valence-corrected chi connectivity index (χ0v) is 14.9. The average Bonchev–Trinajstić information content (AvgIpc) is 2.75. The minimum Gasteiger partial charge on any atom is -0.330 e. The van der Waals surface area contributed by atoms with Crippen LogP contribution in [-0.2, 0) is 13.0 Å². The SMILES string of the molecule is CCCn1c(CC(CN)CC(C)C)nc2cc(Br)ccc21. The van der Waals surface area contributed by atoms with Crippen LogP contribution in [0.3, 0.4) is 0 Å². The van der Waals surface area contributed by atoms with Gasteiger partial charge in [0.25, 0.3) is 0 Å². The summed E-state index contributed by atoms with van der Waals surface area (Å²) in [5.41, 5.74) is 8.28. The molecule has 0 fully saturated rings. The Kier molecular flexibility index (Phi) is 5.82. The van der Waals surface area contributed by atoms with E-state index < -0.39 is 0 Å². The Morgan fingerprint density at radius 2 is 2.10 bits per heavy atom. The summed E-state index contributed by atoms with van der Waals surface area (Å²) < 4.78 is 3.45. The molecule has 2 N–H and O–H groups in total. The number of nitrogens with two attached hydrogens (primary N) is 1. The number of benzene rings is 1. The highest BCUT2D eigenvalue weighted by molar-refractivity contribution is 9.10. The second-order valence-electron chi connectivity index (χ2n) is 6.25. The molecule has 116 valence electrons. The smallest absolute Gasteiger partial charge is 0.110 e. The van der Waals surface area contributed by atoms with Gasteiger partial charge < -0.3 is 10.3 Å². The molecule has 4 heteroatoms. The first-order valence-corrected chi connectivity index (χ1v) is 8.69. The van der Waals surface area contributed by atoms with E-state index in [-0.39, 0.29) is 0 Å². The topological polar surface area (TPSA) is 43.8 Å². The van der Waals surface area contributed by atoms with Gasteiger partial charge in [-0.3, -0.25) is 0 Å². The number of imidazole rings is 1. The molecule has 0 radical (unpaired) electrons. The van der Waals surface area contributed by atoms with Gasteiger partial charge in [-0.05, 0) is 49.4 Å². The van der Waals surface area contributed by atoms with Gasteiger partial charge in [-0.1, -0.05) is 36.7 Å². The van der Waals surface area contributed by atoms with Crippen molar-refractivity contribution in [2.24, 2.45) is 17.6 Å². The molecule has 0 saturated heterocycles. The monoisotopic (exact) mass is 351 g/mol. The minimum absolute atomic E-state index is 0.515. The van der Waals surface area contributed by atoms with Crippen molar-refractivity contribution in [3.05, 3.63) is 28.5 Å². The molecule has 0 saturated carbocycles. The standard InChI is InChI=1S/C17H26BrN3/c1-4-7-21-16-6-5-14(18)10-15(16)20-17(21)9-13(11-19)8-12(2)3/h5-6,10,12-13H,4,7-9,11,19H2,1-3H3. The van der Waals surface area contributed by atoms with Crippen LogP contribution in [0.5, 0.6) is 0 Å². The van der Waals surface area contributed by atoms with Crippen molar-refractivity contribution in [3.63, 3.8) is 0 Å². The summed E-state index contributed by atoms with van der Waals surface area (Å²) in [5, 5.41) is 0. The zero-order valence-electron chi connectivity index (χ0n) is 13.3. The molecule has 0 aliphatic heterocycles. The predicted molar refractivity (Wildman–Crippen MR) is 93.4 cm³/mol. The Morgan fingerprint density at radius 1 is 1.33 bits per heavy atom. The van der Waals surface area contributed by atoms with E-state index in [4.69, 9.17) is 10.7 Å². The summed E-state index contributed by atoms with van der Waals surface area (Å²) in [6.07, 6.45) is 3.25. The summed E-state index contributed by atoms with van der Waals surface area (Å²) >= 11 is 3.53. The van der Waals surface area contributed by atoms with Crippen LogP contribution in [0.15, 0.2) is 22.7 Å². The fraction of sp³-hybridized carbons (Fsp3) is 0.588. The third-order valence-electron chi connectivity index (χ3n) is 3.85. The molecule has 0 amide bonds. The van der Waals surface area contributed by atoms with Crippen LogP contribution in [0.1, 0.15) is 39.4 Å². The van der Waals surface area contributed by atoms with E-state index >= 15 is 0 Å². The largest absolute Gasteiger partial charge is 0.330 e. The van der Waals surface area contributed by atoms with Crippen LogP contribution < -0.4 is 5.73 Å². The van der Waals surface area contributed by atoms with Gasteiger partial charge >= 0.3 is 0 Å². The van der Waals surface area contributed by atoms with Crippen molar-refractivity contribution in [3.8, 4) is 0 Å². The first-order chi connectivity index (χ1) is 10.0. The molecule has 3 nitrogen and oxygen atoms in total. The van der Waals surface area contributed by atoms with E-state index in [1.54, 1.807) is 0 Å². The normalized spacial score (nSPS) is 13.2. The number of fused-ring (bicyclic) bond motifs is 1. The van der Waals surface area contributed by atoms with E-state index in [2.05, 4.69) is 59.5 Å². The Bertz CT molecular complexity index is 589. The zero-order chi connectivity index (χ0) is 15.4. The second kappa shape index (κ2) is 7.41. The molecule has 1 atom stereocenters. The van der Waals surface area contributed by atoms with Crippen molar-refractivity contribution < 1.29 is 0 Å². The maximum absolute atomic E-state index is 5.97. The molecule has 0 bridgehead atoms. The van der Waals surface area contributed by atoms with Crippen molar-refractivity contribution >= 4 is 27.0 Å². The summed E-state index contributed by atoms with van der Waals surface area (Å²) in [5.74, 6) is 2.37. The Balaban J connectivity index is 2.34. The number of rotatable bonds is 7. The average molecular weight is 352 g/mol. The molecule has 0 spiro atoms. The van der Waals surface area contributed by atoms with Gasteiger partial charge in [-0.15, -0.1) is 0 Å². The van der Waals surface area contributed by atoms with Gasteiger partial charge in [0.15, 0.2) is 0 Å². The molecule has 0 aliphatic carbocycles. The molecule has 2 rings (SSSR count). The summed E-state index contributed by atoms with van der Waals surface area (Å²) in [4.78, 5) is 4.86. The van der Waals surface area contributed by atoms with E-state index in [1.807, 2.05) is 0 Å². The first kappa shape index (κ1) is 16.5. The summed E-state index contributed by atoms with van der Waals surface area (Å²) in [6, 6.07) is 6.35. The molecular weight excluding hydrogens is 326 g/mol. The third kappa shape index (κ3) is 4.07. The lowest BCUT2D eigenvalue weighted by atomic mass is 9.94. The van der Waals surface area contributed by atoms with E-state index in [0.717, 1.165) is 42.3 Å². The van der Waals surface area contributed by atoms with E-state index in [9.17, 15) is 0 Å². The van der Waals surface area contributed by atoms with Gasteiger partial charge in [-0.25, -0.2) is 4.98 Å². The molecule has 1 aromatic carbocycles. The van der Waals surface area contributed by atoms with Gasteiger partial charge in [-0.2, -0.15) is 0 Å². The molecular formula is C17H26BrN3. The number of hydrogen-bond acceptors (Lipinski definition) is 2. The van der Waals surface area contributed by atoms with Crippen molar-refractivity contribution in [2.75, 3.05) is 6.54 Å². The van der Waals surface area contributed by atoms with Crippen LogP contribution >= 0.6 is 15.9 Å². The molecule has 1 aromatic heterocycles. The van der Waals surface area contributed by atoms with Crippen LogP contribution in [-0.4, -0.2) is 16.1 Å². The summed E-state index contributed by atoms with van der Waals surface area (Å²) in [7, 11) is 0. The Morgan fingerprint density at radius 3 is 2.71 bits per heavy atom. The second-order valence-corrected chi connectivity index (χ2v) is 7.16. The van der Waals surface area contributed by atoms with Crippen molar-refractivity contribution in [1.82, 2.24) is 9.55 Å². The van der Waals surface area contributed by atoms with Crippen LogP contribution in [0.4, 0.5) is 0 Å². The minimum atomic E-state index is 0.515. The third-order valence-corrected chi connectivity index (χ3v) is 4.34. The highest BCUT2D eigenvalue weighted by Gasteiger charge is 2.16. The number of nitrogens with zero attached hydrogens (tertiary/aromatic N) is 2. The quantitative estimate of drug-likeness (QED) is 0.804. The maximum atomic E-state index is 5.97. The van der Waals surface area contributed by atoms with E-state index in [1.165, 1.54) is 11.3 Å². The van der Waals surface area contributed by atoms with Crippen LogP contribution in [0, 0.1) is 11.8 Å². The lowest BCUT2D eigenvalue weighted by Gasteiger charge is -2.17. The Labute approximate surface area is 136 Å². The van der Waals surface area contributed by atoms with Crippen LogP contribution in [0.2, 0.25) is 0 Å². The van der Waals surface area contributed by atoms with Crippen LogP contribution in [0.25, 0.3) is 11.0 Å². The van der Waals surface area contributed by atoms with Gasteiger partial charge in [0.05, 0.1) is 11.0 Å². The molecule has 1 unspecified atom stereocenters. The lowest BCUT2D eigenvalue weighted by Crippen LogP contribution is -2.21. The lowest BCUT2D eigenvalue weighted by molar-refractivity contribution is 0.403. The Hall–Kier alpha value is -0.870. The van der Waals surface area contributed by atoms with Crippen molar-refractivity contribution in [1.29, 1.82) is 0 Å². The molecule has 1 heterocycles. The molecule has 21 heavy (non-hydrogen) atoms. The fourth-order valence-corrected chi connectivity index (χ4v) is 3.32. The number of hydrogen-bond donors (Lipinski definition) is 1. The molecule has 0 aliphatic rings. The van der Waals surface area contributed by atoms with Gasteiger partial charge in [0.2, 0.25) is 0 Å². The highest BCUT2D eigenvalue weighted by atomic mass is 79.9. The molecule has 2 aromatic rings. The predicted octanol–water partition coefficient (Wildman–Crippen LogP) is 4.37. The fourth-order valence-electron chi connectivity index (χ4n) is 2.97. The van der Waals surface area contributed by atoms with E-state index in [0.29, 0.717) is 11.8 Å². The first-order valence-electron chi connectivity index (χ1n) is 7.89. The highest BCUT2D eigenvalue weighted by Crippen LogP contribution is 2.24. The van der Waals surface area contributed by atoms with Gasteiger partial charge in [0.1, 0.15) is 5.82 Å². The number of aromatic nitrogens is 2.